The van der Waals surface area contributed by atoms with E-state index in [2.05, 4.69) is 42.8 Å². The van der Waals surface area contributed by atoms with Gasteiger partial charge >= 0.3 is 0 Å². The van der Waals surface area contributed by atoms with Crippen LogP contribution in [0.3, 0.4) is 0 Å². The predicted molar refractivity (Wildman–Crippen MR) is 71.0 cm³/mol. The number of hydrogen-bond donors (Lipinski definition) is 0. The second kappa shape index (κ2) is 5.46. The molecule has 18 heavy (non-hydrogen) atoms. The van der Waals surface area contributed by atoms with Crippen molar-refractivity contribution in [3.8, 4) is 6.07 Å². The van der Waals surface area contributed by atoms with Crippen molar-refractivity contribution in [2.45, 2.75) is 26.8 Å². The average molecular weight is 237 g/mol. The van der Waals surface area contributed by atoms with Gasteiger partial charge in [-0.05, 0) is 24.6 Å². The molecule has 1 heterocycles. The molecular formula is C16H17N2+. The summed E-state index contributed by atoms with van der Waals surface area (Å²) in [5, 5.41) is 8.78. The van der Waals surface area contributed by atoms with Crippen LogP contribution in [0, 0.1) is 18.3 Å². The Morgan fingerprint density at radius 1 is 1.06 bits per heavy atom. The van der Waals surface area contributed by atoms with E-state index in [-0.39, 0.29) is 0 Å². The van der Waals surface area contributed by atoms with Crippen LogP contribution in [0.15, 0.2) is 42.6 Å². The highest BCUT2D eigenvalue weighted by molar-refractivity contribution is 5.31. The van der Waals surface area contributed by atoms with E-state index >= 15 is 0 Å². The first-order chi connectivity index (χ1) is 8.72. The second-order valence-electron chi connectivity index (χ2n) is 4.47. The first-order valence-electron chi connectivity index (χ1n) is 6.21. The molecule has 0 aliphatic rings. The molecule has 0 spiro atoms. The Morgan fingerprint density at radius 3 is 2.33 bits per heavy atom. The topological polar surface area (TPSA) is 27.7 Å². The fraction of sp³-hybridized carbons (Fsp3) is 0.250. The minimum absolute atomic E-state index is 0.711. The number of pyridine rings is 1. The molecule has 2 nitrogen and oxygen atoms in total. The molecule has 0 saturated heterocycles. The Hall–Kier alpha value is -2.14. The molecule has 0 aliphatic carbocycles. The van der Waals surface area contributed by atoms with Gasteiger partial charge in [-0.3, -0.25) is 0 Å². The number of benzene rings is 1. The molecule has 90 valence electrons. The van der Waals surface area contributed by atoms with Gasteiger partial charge in [-0.15, -0.1) is 0 Å². The lowest BCUT2D eigenvalue weighted by Gasteiger charge is -2.03. The first kappa shape index (κ1) is 12.3. The number of nitrogens with zero attached hydrogens (tertiary/aromatic N) is 2. The van der Waals surface area contributed by atoms with Crippen LogP contribution in [0.5, 0.6) is 0 Å². The quantitative estimate of drug-likeness (QED) is 0.754. The van der Waals surface area contributed by atoms with Crippen molar-refractivity contribution in [3.63, 3.8) is 0 Å². The number of aromatic nitrogens is 1. The van der Waals surface area contributed by atoms with Crippen LogP contribution in [0.4, 0.5) is 0 Å². The molecule has 0 aliphatic heterocycles. The summed E-state index contributed by atoms with van der Waals surface area (Å²) >= 11 is 0. The Labute approximate surface area is 108 Å². The Bertz CT molecular complexity index is 577. The van der Waals surface area contributed by atoms with Crippen LogP contribution >= 0.6 is 0 Å². The maximum absolute atomic E-state index is 8.78. The third kappa shape index (κ3) is 2.75. The summed E-state index contributed by atoms with van der Waals surface area (Å²) in [4.78, 5) is 0. The molecule has 0 bridgehead atoms. The minimum Gasteiger partial charge on any atom is -0.198 e. The van der Waals surface area contributed by atoms with Crippen molar-refractivity contribution in [1.29, 1.82) is 5.26 Å². The fourth-order valence-electron chi connectivity index (χ4n) is 1.93. The molecule has 0 saturated carbocycles. The van der Waals surface area contributed by atoms with Crippen LogP contribution in [0.1, 0.15) is 29.3 Å². The van der Waals surface area contributed by atoms with Gasteiger partial charge in [0.15, 0.2) is 18.4 Å². The van der Waals surface area contributed by atoms with Gasteiger partial charge < -0.3 is 0 Å². The molecule has 0 unspecified atom stereocenters. The van der Waals surface area contributed by atoms with Crippen LogP contribution < -0.4 is 4.57 Å². The van der Waals surface area contributed by atoms with Crippen molar-refractivity contribution in [2.24, 2.45) is 0 Å². The van der Waals surface area contributed by atoms with E-state index in [1.165, 1.54) is 16.8 Å². The van der Waals surface area contributed by atoms with Gasteiger partial charge in [0.05, 0.1) is 11.6 Å². The largest absolute Gasteiger partial charge is 0.198 e. The molecule has 1 aromatic carbocycles. The zero-order valence-corrected chi connectivity index (χ0v) is 10.9. The van der Waals surface area contributed by atoms with Gasteiger partial charge in [0, 0.05) is 24.1 Å². The molecule has 0 radical (unpaired) electrons. The lowest BCUT2D eigenvalue weighted by atomic mass is 10.1. The van der Waals surface area contributed by atoms with Crippen molar-refractivity contribution >= 4 is 0 Å². The van der Waals surface area contributed by atoms with Crippen LogP contribution in [0.2, 0.25) is 0 Å². The summed E-state index contributed by atoms with van der Waals surface area (Å²) in [7, 11) is 0. The van der Waals surface area contributed by atoms with E-state index in [9.17, 15) is 0 Å². The third-order valence-electron chi connectivity index (χ3n) is 3.16. The highest BCUT2D eigenvalue weighted by Crippen LogP contribution is 2.05. The van der Waals surface area contributed by atoms with Gasteiger partial charge in [0.1, 0.15) is 0 Å². The maximum atomic E-state index is 8.78. The molecule has 2 aromatic rings. The summed E-state index contributed by atoms with van der Waals surface area (Å²) in [5.41, 5.74) is 4.52. The lowest BCUT2D eigenvalue weighted by Crippen LogP contribution is -2.37. The molecule has 1 aromatic heterocycles. The van der Waals surface area contributed by atoms with E-state index in [0.29, 0.717) is 5.56 Å². The molecule has 2 heteroatoms. The SMILES string of the molecule is CCc1ccc(C)[n+](Cc2ccc(C#N)cc2)c1. The van der Waals surface area contributed by atoms with E-state index in [4.69, 9.17) is 5.26 Å². The zero-order valence-electron chi connectivity index (χ0n) is 10.9. The van der Waals surface area contributed by atoms with E-state index < -0.39 is 0 Å². The molecule has 0 fully saturated rings. The van der Waals surface area contributed by atoms with Crippen LogP contribution in [0.25, 0.3) is 0 Å². The summed E-state index contributed by atoms with van der Waals surface area (Å²) in [6.45, 7) is 5.13. The fourth-order valence-corrected chi connectivity index (χ4v) is 1.93. The van der Waals surface area contributed by atoms with Crippen LogP contribution in [-0.2, 0) is 13.0 Å². The number of aryl methyl sites for hydroxylation is 2. The van der Waals surface area contributed by atoms with E-state index in [1.54, 1.807) is 0 Å². The highest BCUT2D eigenvalue weighted by atomic mass is 14.9. The first-order valence-corrected chi connectivity index (χ1v) is 6.21. The predicted octanol–water partition coefficient (Wildman–Crippen LogP) is 2.76. The number of rotatable bonds is 3. The van der Waals surface area contributed by atoms with Gasteiger partial charge in [0.2, 0.25) is 0 Å². The summed E-state index contributed by atoms with van der Waals surface area (Å²) < 4.78 is 2.25. The van der Waals surface area contributed by atoms with Gasteiger partial charge in [-0.25, -0.2) is 0 Å². The monoisotopic (exact) mass is 237 g/mol. The van der Waals surface area contributed by atoms with Crippen LogP contribution in [-0.4, -0.2) is 0 Å². The maximum Gasteiger partial charge on any atom is 0.178 e. The number of hydrogen-bond acceptors (Lipinski definition) is 1. The summed E-state index contributed by atoms with van der Waals surface area (Å²) in [5.74, 6) is 0. The van der Waals surface area contributed by atoms with Gasteiger partial charge in [-0.1, -0.05) is 19.1 Å². The zero-order chi connectivity index (χ0) is 13.0. The van der Waals surface area contributed by atoms with Crippen molar-refractivity contribution in [1.82, 2.24) is 0 Å². The summed E-state index contributed by atoms with van der Waals surface area (Å²) in [6, 6.07) is 14.2. The van der Waals surface area contributed by atoms with Crippen molar-refractivity contribution in [3.05, 3.63) is 65.0 Å². The molecular weight excluding hydrogens is 220 g/mol. The molecule has 2 rings (SSSR count). The highest BCUT2D eigenvalue weighted by Gasteiger charge is 2.08. The normalized spacial score (nSPS) is 10.1. The van der Waals surface area contributed by atoms with Gasteiger partial charge in [0.25, 0.3) is 0 Å². The smallest absolute Gasteiger partial charge is 0.178 e. The number of nitriles is 1. The lowest BCUT2D eigenvalue weighted by molar-refractivity contribution is -0.694. The summed E-state index contributed by atoms with van der Waals surface area (Å²) in [6.07, 6.45) is 3.25. The Morgan fingerprint density at radius 2 is 1.72 bits per heavy atom. The minimum atomic E-state index is 0.711. The van der Waals surface area contributed by atoms with Crippen molar-refractivity contribution < 1.29 is 4.57 Å². The second-order valence-corrected chi connectivity index (χ2v) is 4.47. The third-order valence-corrected chi connectivity index (χ3v) is 3.16. The Kier molecular flexibility index (Phi) is 3.74. The molecule has 0 atom stereocenters. The Balaban J connectivity index is 2.25. The molecule has 0 N–H and O–H groups in total. The average Bonchev–Trinajstić information content (AvgIpc) is 2.42. The molecule has 0 amide bonds. The van der Waals surface area contributed by atoms with E-state index in [0.717, 1.165) is 13.0 Å². The van der Waals surface area contributed by atoms with Crippen molar-refractivity contribution in [2.75, 3.05) is 0 Å². The van der Waals surface area contributed by atoms with E-state index in [1.807, 2.05) is 24.3 Å². The van der Waals surface area contributed by atoms with Gasteiger partial charge in [-0.2, -0.15) is 9.83 Å². The standard InChI is InChI=1S/C16H17N2/c1-3-14-5-4-13(2)18(11-14)12-16-8-6-15(10-17)7-9-16/h4-9,11H,3,12H2,1-2H3/q+1.